The average Bonchev–Trinajstić information content (AvgIpc) is 3.44. The van der Waals surface area contributed by atoms with Crippen LogP contribution in [0.1, 0.15) is 17.4 Å². The number of imidazole rings is 1. The summed E-state index contributed by atoms with van der Waals surface area (Å²) in [6, 6.07) is 14.9. The van der Waals surface area contributed by atoms with Gasteiger partial charge in [0.25, 0.3) is 0 Å². The lowest BCUT2D eigenvalue weighted by atomic mass is 10.1. The van der Waals surface area contributed by atoms with Crippen LogP contribution in [-0.4, -0.2) is 54.0 Å². The third-order valence-electron chi connectivity index (χ3n) is 5.90. The Morgan fingerprint density at radius 2 is 2.00 bits per heavy atom. The number of anilines is 1. The summed E-state index contributed by atoms with van der Waals surface area (Å²) in [7, 11) is 0. The highest BCUT2D eigenvalue weighted by Crippen LogP contribution is 2.32. The summed E-state index contributed by atoms with van der Waals surface area (Å²) in [4.78, 5) is 25.5. The van der Waals surface area contributed by atoms with Crippen LogP contribution in [0, 0.1) is 0 Å². The maximum absolute atomic E-state index is 11.4. The van der Waals surface area contributed by atoms with Gasteiger partial charge in [0.1, 0.15) is 12.4 Å². The van der Waals surface area contributed by atoms with Crippen molar-refractivity contribution >= 4 is 46.3 Å². The number of nitrogens with two attached hydrogens (primary N) is 1. The van der Waals surface area contributed by atoms with E-state index in [-0.39, 0.29) is 0 Å². The molecular formula is C24H23ClN6O4S. The largest absolute Gasteiger partial charge is 0.479 e. The molecule has 5 rings (SSSR count). The van der Waals surface area contributed by atoms with E-state index in [4.69, 9.17) is 22.1 Å². The summed E-state index contributed by atoms with van der Waals surface area (Å²) in [6.45, 7) is 0.436. The fourth-order valence-electron chi connectivity index (χ4n) is 4.05. The number of hydrogen-bond acceptors (Lipinski definition) is 9. The summed E-state index contributed by atoms with van der Waals surface area (Å²) in [5, 5.41) is 23.7. The van der Waals surface area contributed by atoms with E-state index in [9.17, 15) is 15.0 Å². The zero-order valence-electron chi connectivity index (χ0n) is 18.9. The van der Waals surface area contributed by atoms with Gasteiger partial charge in [-0.05, 0) is 29.3 Å². The van der Waals surface area contributed by atoms with Crippen molar-refractivity contribution in [1.82, 2.24) is 19.5 Å². The molecule has 4 atom stereocenters. The number of nitrogens with zero attached hydrogens (tertiary/aromatic N) is 4. The Morgan fingerprint density at radius 3 is 2.75 bits per heavy atom. The van der Waals surface area contributed by atoms with Gasteiger partial charge in [-0.1, -0.05) is 41.9 Å². The van der Waals surface area contributed by atoms with Crippen molar-refractivity contribution in [3.05, 3.63) is 77.3 Å². The van der Waals surface area contributed by atoms with E-state index in [0.29, 0.717) is 28.5 Å². The second-order valence-corrected chi connectivity index (χ2v) is 9.73. The second-order valence-electron chi connectivity index (χ2n) is 8.28. The quantitative estimate of drug-likeness (QED) is 0.252. The number of aliphatic carboxylic acids is 1. The minimum atomic E-state index is -1.34. The molecule has 1 aliphatic rings. The number of ether oxygens (including phenoxy) is 1. The van der Waals surface area contributed by atoms with Gasteiger partial charge in [0.2, 0.25) is 0 Å². The van der Waals surface area contributed by atoms with Gasteiger partial charge in [0.15, 0.2) is 29.3 Å². The smallest absolute Gasteiger partial charge is 0.334 e. The number of halogens is 1. The third kappa shape index (κ3) is 4.88. The summed E-state index contributed by atoms with van der Waals surface area (Å²) in [5.74, 6) is 0.0538. The molecule has 1 fully saturated rings. The summed E-state index contributed by atoms with van der Waals surface area (Å²) in [6.07, 6.45) is -0.831. The van der Waals surface area contributed by atoms with Crippen LogP contribution < -0.4 is 11.1 Å². The number of carboxylic acids is 1. The predicted octanol–water partition coefficient (Wildman–Crippen LogP) is 3.05. The van der Waals surface area contributed by atoms with E-state index < -0.39 is 30.4 Å². The van der Waals surface area contributed by atoms with Crippen molar-refractivity contribution in [3.63, 3.8) is 0 Å². The van der Waals surface area contributed by atoms with Crippen molar-refractivity contribution in [1.29, 1.82) is 0 Å². The summed E-state index contributed by atoms with van der Waals surface area (Å²) < 4.78 is 6.98. The molecule has 1 saturated heterocycles. The number of benzene rings is 2. The maximum atomic E-state index is 11.4. The van der Waals surface area contributed by atoms with E-state index >= 15 is 0 Å². The highest BCUT2D eigenvalue weighted by Gasteiger charge is 2.46. The summed E-state index contributed by atoms with van der Waals surface area (Å²) >= 11 is 7.99. The van der Waals surface area contributed by atoms with Crippen LogP contribution in [0.5, 0.6) is 0 Å². The Labute approximate surface area is 215 Å². The molecule has 0 bridgehead atoms. The molecule has 36 heavy (non-hydrogen) atoms. The van der Waals surface area contributed by atoms with Gasteiger partial charge in [-0.15, -0.1) is 11.8 Å². The molecule has 3 heterocycles. The zero-order valence-corrected chi connectivity index (χ0v) is 20.4. The number of aliphatic hydroxyl groups is 1. The van der Waals surface area contributed by atoms with Crippen LogP contribution in [0.2, 0.25) is 5.02 Å². The second kappa shape index (κ2) is 10.4. The Kier molecular flexibility index (Phi) is 7.08. The first-order chi connectivity index (χ1) is 17.4. The van der Waals surface area contributed by atoms with Crippen LogP contribution in [0.15, 0.2) is 66.1 Å². The molecule has 4 unspecified atom stereocenters. The molecule has 2 aromatic heterocycles. The van der Waals surface area contributed by atoms with Gasteiger partial charge in [-0.3, -0.25) is 4.57 Å². The zero-order chi connectivity index (χ0) is 25.2. The first kappa shape index (κ1) is 24.5. The van der Waals surface area contributed by atoms with Crippen LogP contribution in [0.4, 0.5) is 5.82 Å². The molecule has 0 radical (unpaired) electrons. The molecule has 10 nitrogen and oxygen atoms in total. The van der Waals surface area contributed by atoms with Crippen molar-refractivity contribution < 1.29 is 19.7 Å². The molecular weight excluding hydrogens is 504 g/mol. The number of nitrogens with one attached hydrogen (secondary N) is 1. The number of thioether (sulfide) groups is 1. The molecule has 12 heteroatoms. The van der Waals surface area contributed by atoms with E-state index in [2.05, 4.69) is 32.4 Å². The minimum absolute atomic E-state index is 0.375. The molecule has 4 aromatic rings. The molecule has 0 saturated carbocycles. The van der Waals surface area contributed by atoms with Gasteiger partial charge in [-0.25, -0.2) is 19.7 Å². The maximum Gasteiger partial charge on any atom is 0.334 e. The van der Waals surface area contributed by atoms with Gasteiger partial charge >= 0.3 is 5.97 Å². The van der Waals surface area contributed by atoms with Gasteiger partial charge < -0.3 is 26.0 Å². The Morgan fingerprint density at radius 1 is 1.19 bits per heavy atom. The molecule has 5 N–H and O–H groups in total. The topological polar surface area (TPSA) is 148 Å². The fraction of sp³-hybridized carbons (Fsp3) is 0.250. The first-order valence-electron chi connectivity index (χ1n) is 11.1. The fourth-order valence-corrected chi connectivity index (χ4v) is 5.24. The van der Waals surface area contributed by atoms with Gasteiger partial charge in [-0.2, -0.15) is 0 Å². The van der Waals surface area contributed by atoms with Crippen LogP contribution in [-0.2, 0) is 21.8 Å². The SMILES string of the molecule is NC1C(C(=O)O)OC(n2cnc3c(NCc4cc(Cl)ccc4SCc4ccccc4)ncnc32)C1O. The molecule has 0 amide bonds. The Hall–Kier alpha value is -3.22. The summed E-state index contributed by atoms with van der Waals surface area (Å²) in [5.41, 5.74) is 8.89. The Bertz CT molecular complexity index is 1390. The Balaban J connectivity index is 1.36. The number of carboxylic acid groups (broad SMARTS) is 1. The highest BCUT2D eigenvalue weighted by molar-refractivity contribution is 7.98. The lowest BCUT2D eigenvalue weighted by Gasteiger charge is -2.16. The number of aromatic nitrogens is 4. The van der Waals surface area contributed by atoms with Crippen LogP contribution in [0.3, 0.4) is 0 Å². The van der Waals surface area contributed by atoms with E-state index in [1.807, 2.05) is 36.4 Å². The van der Waals surface area contributed by atoms with Gasteiger partial charge in [0.05, 0.1) is 12.4 Å². The van der Waals surface area contributed by atoms with Crippen molar-refractivity contribution in [2.45, 2.75) is 41.7 Å². The minimum Gasteiger partial charge on any atom is -0.479 e. The van der Waals surface area contributed by atoms with Gasteiger partial charge in [0, 0.05) is 22.2 Å². The number of aliphatic hydroxyl groups excluding tert-OH is 1. The number of fused-ring (bicyclic) bond motifs is 1. The van der Waals surface area contributed by atoms with Crippen molar-refractivity contribution in [2.75, 3.05) is 5.32 Å². The van der Waals surface area contributed by atoms with Crippen LogP contribution >= 0.6 is 23.4 Å². The molecule has 0 spiro atoms. The third-order valence-corrected chi connectivity index (χ3v) is 7.33. The van der Waals surface area contributed by atoms with E-state index in [1.54, 1.807) is 11.8 Å². The first-order valence-corrected chi connectivity index (χ1v) is 12.5. The number of hydrogen-bond donors (Lipinski definition) is 4. The standard InChI is InChI=1S/C24H23ClN6O4S/c25-15-6-7-16(36-10-13-4-2-1-3-5-13)14(8-15)9-27-21-18-22(29-11-28-21)31(12-30-18)23-19(32)17(26)20(35-23)24(33)34/h1-8,11-12,17,19-20,23,32H,9-10,26H2,(H,33,34)(H,27,28,29). The predicted molar refractivity (Wildman–Crippen MR) is 136 cm³/mol. The monoisotopic (exact) mass is 526 g/mol. The van der Waals surface area contributed by atoms with Crippen molar-refractivity contribution in [2.24, 2.45) is 5.73 Å². The lowest BCUT2D eigenvalue weighted by Crippen LogP contribution is -2.43. The molecule has 1 aliphatic heterocycles. The lowest BCUT2D eigenvalue weighted by molar-refractivity contribution is -0.152. The van der Waals surface area contributed by atoms with E-state index in [0.717, 1.165) is 16.2 Å². The molecule has 0 aliphatic carbocycles. The average molecular weight is 527 g/mol. The molecule has 186 valence electrons. The van der Waals surface area contributed by atoms with Crippen LogP contribution in [0.25, 0.3) is 11.2 Å². The van der Waals surface area contributed by atoms with E-state index in [1.165, 1.54) is 22.8 Å². The number of carbonyl (C=O) groups is 1. The highest BCUT2D eigenvalue weighted by atomic mass is 35.5. The number of rotatable bonds is 8. The molecule has 2 aromatic carbocycles. The van der Waals surface area contributed by atoms with Crippen molar-refractivity contribution in [3.8, 4) is 0 Å². The normalized spacial score (nSPS) is 21.6.